The zero-order chi connectivity index (χ0) is 18.2. The molecule has 3 unspecified atom stereocenters. The third kappa shape index (κ3) is 3.74. The molecule has 1 aromatic carbocycles. The maximum Gasteiger partial charge on any atom is 0.191 e. The van der Waals surface area contributed by atoms with Gasteiger partial charge in [-0.1, -0.05) is 50.6 Å². The van der Waals surface area contributed by atoms with Crippen molar-refractivity contribution in [3.8, 4) is 0 Å². The first-order chi connectivity index (χ1) is 12.6. The van der Waals surface area contributed by atoms with E-state index < -0.39 is 0 Å². The summed E-state index contributed by atoms with van der Waals surface area (Å²) in [6.45, 7) is 9.44. The molecule has 2 N–H and O–H groups in total. The Balaban J connectivity index is 0.00000210. The number of fused-ring (bicyclic) bond motifs is 1. The zero-order valence-corrected chi connectivity index (χ0v) is 19.2. The van der Waals surface area contributed by atoms with Gasteiger partial charge < -0.3 is 15.4 Å². The lowest BCUT2D eigenvalue weighted by Crippen LogP contribution is -2.68. The minimum absolute atomic E-state index is 0. The second kappa shape index (κ2) is 8.27. The highest BCUT2D eigenvalue weighted by Gasteiger charge is 2.59. The van der Waals surface area contributed by atoms with Gasteiger partial charge in [-0.2, -0.15) is 0 Å². The first-order valence-corrected chi connectivity index (χ1v) is 10.3. The summed E-state index contributed by atoms with van der Waals surface area (Å²) in [5, 5.41) is 7.22. The Hall–Kier alpha value is -0.820. The topological polar surface area (TPSA) is 45.7 Å². The monoisotopic (exact) mass is 483 g/mol. The second-order valence-corrected chi connectivity index (χ2v) is 8.88. The molecule has 0 amide bonds. The lowest BCUT2D eigenvalue weighted by atomic mass is 9.57. The molecule has 3 fully saturated rings. The summed E-state index contributed by atoms with van der Waals surface area (Å²) in [4.78, 5) is 5.04. The zero-order valence-electron chi connectivity index (χ0n) is 16.8. The summed E-state index contributed by atoms with van der Waals surface area (Å²) in [5.41, 5.74) is 1.85. The van der Waals surface area contributed by atoms with Crippen molar-refractivity contribution in [2.45, 2.75) is 64.0 Å². The van der Waals surface area contributed by atoms with Gasteiger partial charge in [0.25, 0.3) is 0 Å². The summed E-state index contributed by atoms with van der Waals surface area (Å²) in [5.74, 6) is 1.60. The Morgan fingerprint density at radius 3 is 2.59 bits per heavy atom. The van der Waals surface area contributed by atoms with Crippen molar-refractivity contribution in [1.29, 1.82) is 0 Å². The third-order valence-electron chi connectivity index (χ3n) is 6.97. The molecule has 1 aromatic rings. The Morgan fingerprint density at radius 2 is 1.96 bits per heavy atom. The lowest BCUT2D eigenvalue weighted by Gasteiger charge is -2.55. The Bertz CT molecular complexity index is 657. The Labute approximate surface area is 181 Å². The van der Waals surface area contributed by atoms with Crippen molar-refractivity contribution in [3.05, 3.63) is 35.9 Å². The summed E-state index contributed by atoms with van der Waals surface area (Å²) in [6, 6.07) is 11.4. The minimum Gasteiger partial charge on any atom is -0.377 e. The molecule has 0 spiro atoms. The van der Waals surface area contributed by atoms with E-state index in [1.165, 1.54) is 31.2 Å². The van der Waals surface area contributed by atoms with Crippen LogP contribution in [0.1, 0.15) is 52.0 Å². The van der Waals surface area contributed by atoms with Crippen LogP contribution in [-0.2, 0) is 10.2 Å². The fraction of sp³-hybridized carbons (Fsp3) is 0.682. The predicted molar refractivity (Wildman–Crippen MR) is 122 cm³/mol. The number of aliphatic imine (C=N–C) groups is 1. The fourth-order valence-electron chi connectivity index (χ4n) is 5.25. The van der Waals surface area contributed by atoms with Gasteiger partial charge in [0, 0.05) is 35.9 Å². The fourth-order valence-corrected chi connectivity index (χ4v) is 5.25. The summed E-state index contributed by atoms with van der Waals surface area (Å²) in [6.07, 6.45) is 5.37. The Kier molecular flexibility index (Phi) is 6.41. The van der Waals surface area contributed by atoms with Crippen LogP contribution in [0.2, 0.25) is 0 Å². The molecule has 4 rings (SSSR count). The minimum atomic E-state index is 0. The molecular weight excluding hydrogens is 449 g/mol. The van der Waals surface area contributed by atoms with E-state index in [1.54, 1.807) is 0 Å². The van der Waals surface area contributed by atoms with Crippen LogP contribution in [0.4, 0.5) is 0 Å². The van der Waals surface area contributed by atoms with Crippen LogP contribution in [0.5, 0.6) is 0 Å². The Morgan fingerprint density at radius 1 is 1.22 bits per heavy atom. The van der Waals surface area contributed by atoms with Crippen molar-refractivity contribution in [1.82, 2.24) is 10.6 Å². The molecule has 2 aliphatic carbocycles. The predicted octanol–water partition coefficient (Wildman–Crippen LogP) is 4.09. The van der Waals surface area contributed by atoms with Gasteiger partial charge in [0.15, 0.2) is 5.96 Å². The molecule has 0 aromatic heterocycles. The first kappa shape index (κ1) is 20.9. The highest BCUT2D eigenvalue weighted by atomic mass is 127. The largest absolute Gasteiger partial charge is 0.377 e. The van der Waals surface area contributed by atoms with Crippen LogP contribution in [0.15, 0.2) is 35.3 Å². The van der Waals surface area contributed by atoms with Crippen LogP contribution >= 0.6 is 24.0 Å². The number of benzene rings is 1. The van der Waals surface area contributed by atoms with E-state index in [-0.39, 0.29) is 34.8 Å². The van der Waals surface area contributed by atoms with Crippen LogP contribution in [0, 0.1) is 11.3 Å². The molecule has 0 bridgehead atoms. The maximum absolute atomic E-state index is 5.94. The van der Waals surface area contributed by atoms with E-state index in [0.717, 1.165) is 25.7 Å². The number of hydrogen-bond donors (Lipinski definition) is 2. The number of guanidine groups is 1. The molecular formula is C22H34IN3O. The molecule has 27 heavy (non-hydrogen) atoms. The van der Waals surface area contributed by atoms with Crippen molar-refractivity contribution in [2.24, 2.45) is 16.3 Å². The van der Waals surface area contributed by atoms with Gasteiger partial charge >= 0.3 is 0 Å². The third-order valence-corrected chi connectivity index (χ3v) is 6.97. The van der Waals surface area contributed by atoms with Gasteiger partial charge in [0.2, 0.25) is 0 Å². The van der Waals surface area contributed by atoms with Gasteiger partial charge in [-0.25, -0.2) is 0 Å². The van der Waals surface area contributed by atoms with Crippen LogP contribution < -0.4 is 10.6 Å². The number of nitrogens with zero attached hydrogens (tertiary/aromatic N) is 1. The lowest BCUT2D eigenvalue weighted by molar-refractivity contribution is -0.106. The highest BCUT2D eigenvalue weighted by Crippen LogP contribution is 2.52. The molecule has 5 heteroatoms. The summed E-state index contributed by atoms with van der Waals surface area (Å²) in [7, 11) is 0. The van der Waals surface area contributed by atoms with Crippen molar-refractivity contribution < 1.29 is 4.74 Å². The van der Waals surface area contributed by atoms with E-state index in [0.29, 0.717) is 18.1 Å². The van der Waals surface area contributed by atoms with Gasteiger partial charge in [-0.3, -0.25) is 4.99 Å². The van der Waals surface area contributed by atoms with Gasteiger partial charge in [-0.05, 0) is 31.7 Å². The van der Waals surface area contributed by atoms with Crippen LogP contribution in [0.25, 0.3) is 0 Å². The second-order valence-electron chi connectivity index (χ2n) is 8.88. The smallest absolute Gasteiger partial charge is 0.191 e. The van der Waals surface area contributed by atoms with Crippen LogP contribution in [0.3, 0.4) is 0 Å². The quantitative estimate of drug-likeness (QED) is 0.377. The van der Waals surface area contributed by atoms with Crippen LogP contribution in [-0.4, -0.2) is 37.8 Å². The normalized spacial score (nSPS) is 30.3. The summed E-state index contributed by atoms with van der Waals surface area (Å²) >= 11 is 0. The molecule has 150 valence electrons. The molecule has 3 atom stereocenters. The van der Waals surface area contributed by atoms with Gasteiger partial charge in [-0.15, -0.1) is 24.0 Å². The molecule has 1 aliphatic heterocycles. The van der Waals surface area contributed by atoms with E-state index in [1.807, 2.05) is 0 Å². The summed E-state index contributed by atoms with van der Waals surface area (Å²) < 4.78 is 5.94. The molecule has 2 saturated carbocycles. The highest BCUT2D eigenvalue weighted by molar-refractivity contribution is 14.0. The van der Waals surface area contributed by atoms with E-state index in [2.05, 4.69) is 61.7 Å². The van der Waals surface area contributed by atoms with Crippen molar-refractivity contribution >= 4 is 29.9 Å². The average Bonchev–Trinajstić information content (AvgIpc) is 3.06. The molecule has 3 aliphatic rings. The van der Waals surface area contributed by atoms with Gasteiger partial charge in [0.1, 0.15) is 0 Å². The number of rotatable bonds is 5. The number of halogens is 1. The number of ether oxygens (including phenoxy) is 1. The van der Waals surface area contributed by atoms with E-state index >= 15 is 0 Å². The molecule has 4 nitrogen and oxygen atoms in total. The van der Waals surface area contributed by atoms with Crippen molar-refractivity contribution in [2.75, 3.05) is 19.7 Å². The maximum atomic E-state index is 5.94. The molecule has 1 heterocycles. The number of nitrogens with one attached hydrogen (secondary N) is 2. The van der Waals surface area contributed by atoms with Crippen molar-refractivity contribution in [3.63, 3.8) is 0 Å². The standard InChI is InChI=1S/C22H33N3O.HI/c1-4-23-20(25-18-17-11-14-26-19(17)21(18,2)3)24-15-22(12-8-13-22)16-9-6-5-7-10-16;/h5-7,9-10,17-19H,4,8,11-15H2,1-3H3,(H2,23,24,25);1H. The average molecular weight is 483 g/mol. The SMILES string of the molecule is CCNC(=NCC1(c2ccccc2)CCC1)NC1C2CCOC2C1(C)C.I. The van der Waals surface area contributed by atoms with Gasteiger partial charge in [0.05, 0.1) is 12.6 Å². The molecule has 0 radical (unpaired) electrons. The van der Waals surface area contributed by atoms with E-state index in [4.69, 9.17) is 9.73 Å². The molecule has 1 saturated heterocycles. The number of hydrogen-bond acceptors (Lipinski definition) is 2. The first-order valence-electron chi connectivity index (χ1n) is 10.3. The van der Waals surface area contributed by atoms with E-state index in [9.17, 15) is 0 Å².